The van der Waals surface area contributed by atoms with Crippen molar-refractivity contribution in [3.05, 3.63) is 34.9 Å². The van der Waals surface area contributed by atoms with E-state index < -0.39 is 0 Å². The zero-order chi connectivity index (χ0) is 14.5. The van der Waals surface area contributed by atoms with Crippen LogP contribution in [0.1, 0.15) is 58.2 Å². The van der Waals surface area contributed by atoms with Crippen LogP contribution in [0.25, 0.3) is 0 Å². The first-order valence-electron chi connectivity index (χ1n) is 7.18. The lowest BCUT2D eigenvalue weighted by molar-refractivity contribution is 0.286. The second-order valence-electron chi connectivity index (χ2n) is 8.06. The number of hydrogen-bond donors (Lipinski definition) is 2. The van der Waals surface area contributed by atoms with E-state index in [1.165, 1.54) is 16.7 Å². The van der Waals surface area contributed by atoms with Gasteiger partial charge in [0, 0.05) is 13.1 Å². The maximum Gasteiger partial charge on any atom is 0.0662 e. The van der Waals surface area contributed by atoms with Crippen LogP contribution in [-0.2, 0) is 16.4 Å². The summed E-state index contributed by atoms with van der Waals surface area (Å²) in [5, 5.41) is 3.29. The Morgan fingerprint density at radius 1 is 0.895 bits per heavy atom. The van der Waals surface area contributed by atoms with E-state index in [0.29, 0.717) is 0 Å². The summed E-state index contributed by atoms with van der Waals surface area (Å²) in [6, 6.07) is 6.95. The molecule has 2 heteroatoms. The van der Waals surface area contributed by atoms with Gasteiger partial charge in [-0.25, -0.2) is 0 Å². The van der Waals surface area contributed by atoms with Crippen molar-refractivity contribution in [2.24, 2.45) is 5.73 Å². The van der Waals surface area contributed by atoms with E-state index in [1.807, 2.05) is 0 Å². The minimum atomic E-state index is -0.179. The van der Waals surface area contributed by atoms with Crippen molar-refractivity contribution >= 4 is 0 Å². The summed E-state index contributed by atoms with van der Waals surface area (Å²) in [5.41, 5.74) is 10.7. The Morgan fingerprint density at radius 2 is 1.32 bits per heavy atom. The quantitative estimate of drug-likeness (QED) is 0.814. The van der Waals surface area contributed by atoms with Crippen LogP contribution in [0.3, 0.4) is 0 Å². The van der Waals surface area contributed by atoms with Gasteiger partial charge in [-0.05, 0) is 27.5 Å². The molecule has 0 saturated carbocycles. The molecule has 106 valence electrons. The van der Waals surface area contributed by atoms with E-state index in [4.69, 9.17) is 5.73 Å². The number of nitrogens with two attached hydrogens (primary N) is 1. The molecule has 1 saturated heterocycles. The van der Waals surface area contributed by atoms with Crippen LogP contribution in [0.4, 0.5) is 0 Å². The van der Waals surface area contributed by atoms with Gasteiger partial charge in [0.1, 0.15) is 0 Å². The lowest BCUT2D eigenvalue weighted by Crippen LogP contribution is -2.62. The standard InChI is InChI=1S/C17H28N2/c1-15(2,3)12-7-13(16(4,5)6)9-14(8-12)17(18)10-19-11-17/h7-9,19H,10-11,18H2,1-6H3. The van der Waals surface area contributed by atoms with Crippen LogP contribution in [0, 0.1) is 0 Å². The Morgan fingerprint density at radius 3 is 1.58 bits per heavy atom. The summed E-state index contributed by atoms with van der Waals surface area (Å²) >= 11 is 0. The fourth-order valence-electron chi connectivity index (χ4n) is 2.38. The van der Waals surface area contributed by atoms with Gasteiger partial charge >= 0.3 is 0 Å². The van der Waals surface area contributed by atoms with E-state index in [-0.39, 0.29) is 16.4 Å². The molecule has 0 bridgehead atoms. The summed E-state index contributed by atoms with van der Waals surface area (Å²) in [5.74, 6) is 0. The summed E-state index contributed by atoms with van der Waals surface area (Å²) < 4.78 is 0. The van der Waals surface area contributed by atoms with Gasteiger partial charge in [0.25, 0.3) is 0 Å². The lowest BCUT2D eigenvalue weighted by Gasteiger charge is -2.41. The number of benzene rings is 1. The molecule has 3 N–H and O–H groups in total. The van der Waals surface area contributed by atoms with Gasteiger partial charge < -0.3 is 11.1 Å². The van der Waals surface area contributed by atoms with Gasteiger partial charge in [-0.3, -0.25) is 0 Å². The molecular formula is C17H28N2. The first kappa shape index (κ1) is 14.5. The topological polar surface area (TPSA) is 38.0 Å². The van der Waals surface area contributed by atoms with E-state index in [2.05, 4.69) is 65.1 Å². The highest BCUT2D eigenvalue weighted by molar-refractivity contribution is 5.41. The Balaban J connectivity index is 2.56. The summed E-state index contributed by atoms with van der Waals surface area (Å²) in [4.78, 5) is 0. The van der Waals surface area contributed by atoms with Gasteiger partial charge in [-0.15, -0.1) is 0 Å². The van der Waals surface area contributed by atoms with E-state index in [9.17, 15) is 0 Å². The molecule has 2 rings (SSSR count). The normalized spacial score (nSPS) is 19.1. The van der Waals surface area contributed by atoms with Gasteiger partial charge in [0.2, 0.25) is 0 Å². The predicted octanol–water partition coefficient (Wildman–Crippen LogP) is 3.04. The van der Waals surface area contributed by atoms with Gasteiger partial charge in [0.05, 0.1) is 5.54 Å². The van der Waals surface area contributed by atoms with Crippen molar-refractivity contribution in [1.29, 1.82) is 0 Å². The Hall–Kier alpha value is -0.860. The summed E-state index contributed by atoms with van der Waals surface area (Å²) in [7, 11) is 0. The smallest absolute Gasteiger partial charge is 0.0662 e. The summed E-state index contributed by atoms with van der Waals surface area (Å²) in [6.07, 6.45) is 0. The molecule has 0 spiro atoms. The number of rotatable bonds is 1. The Bertz CT molecular complexity index is 439. The van der Waals surface area contributed by atoms with Gasteiger partial charge in [0.15, 0.2) is 0 Å². The van der Waals surface area contributed by atoms with Crippen molar-refractivity contribution in [3.63, 3.8) is 0 Å². The highest BCUT2D eigenvalue weighted by atomic mass is 15.1. The van der Waals surface area contributed by atoms with Gasteiger partial charge in [-0.1, -0.05) is 59.7 Å². The molecule has 0 aromatic heterocycles. The molecule has 0 unspecified atom stereocenters. The molecule has 0 aliphatic carbocycles. The van der Waals surface area contributed by atoms with Crippen molar-refractivity contribution in [1.82, 2.24) is 5.32 Å². The average Bonchev–Trinajstić information content (AvgIpc) is 2.23. The SMILES string of the molecule is CC(C)(C)c1cc(C(C)(C)C)cc(C2(N)CNC2)c1. The largest absolute Gasteiger partial charge is 0.319 e. The van der Waals surface area contributed by atoms with Crippen molar-refractivity contribution in [2.45, 2.75) is 57.9 Å². The average molecular weight is 260 g/mol. The molecule has 1 aliphatic rings. The van der Waals surface area contributed by atoms with Crippen molar-refractivity contribution < 1.29 is 0 Å². The third kappa shape index (κ3) is 2.85. The second kappa shape index (κ2) is 4.32. The maximum atomic E-state index is 6.49. The molecule has 1 fully saturated rings. The molecule has 2 nitrogen and oxygen atoms in total. The van der Waals surface area contributed by atoms with Crippen LogP contribution in [-0.4, -0.2) is 13.1 Å². The second-order valence-corrected chi connectivity index (χ2v) is 8.06. The maximum absolute atomic E-state index is 6.49. The third-order valence-corrected chi connectivity index (χ3v) is 4.12. The van der Waals surface area contributed by atoms with Crippen LogP contribution in [0.5, 0.6) is 0 Å². The fourth-order valence-corrected chi connectivity index (χ4v) is 2.38. The Kier molecular flexibility index (Phi) is 3.31. The van der Waals surface area contributed by atoms with E-state index >= 15 is 0 Å². The molecule has 1 aromatic carbocycles. The molecule has 0 atom stereocenters. The van der Waals surface area contributed by atoms with E-state index in [1.54, 1.807) is 0 Å². The van der Waals surface area contributed by atoms with Crippen LogP contribution >= 0.6 is 0 Å². The van der Waals surface area contributed by atoms with Crippen molar-refractivity contribution in [2.75, 3.05) is 13.1 Å². The first-order chi connectivity index (χ1) is 8.52. The first-order valence-corrected chi connectivity index (χ1v) is 7.18. The molecule has 0 amide bonds. The molecule has 19 heavy (non-hydrogen) atoms. The molecule has 1 aromatic rings. The predicted molar refractivity (Wildman–Crippen MR) is 82.6 cm³/mol. The number of hydrogen-bond acceptors (Lipinski definition) is 2. The molecule has 0 radical (unpaired) electrons. The van der Waals surface area contributed by atoms with Crippen LogP contribution in [0.2, 0.25) is 0 Å². The fraction of sp³-hybridized carbons (Fsp3) is 0.647. The highest BCUT2D eigenvalue weighted by Crippen LogP contribution is 2.34. The van der Waals surface area contributed by atoms with Crippen LogP contribution < -0.4 is 11.1 Å². The monoisotopic (exact) mass is 260 g/mol. The van der Waals surface area contributed by atoms with Gasteiger partial charge in [-0.2, -0.15) is 0 Å². The van der Waals surface area contributed by atoms with Crippen LogP contribution in [0.15, 0.2) is 18.2 Å². The highest BCUT2D eigenvalue weighted by Gasteiger charge is 2.35. The molecule has 1 heterocycles. The molecule has 1 aliphatic heterocycles. The number of nitrogens with one attached hydrogen (secondary N) is 1. The zero-order valence-electron chi connectivity index (χ0n) is 13.2. The minimum Gasteiger partial charge on any atom is -0.319 e. The minimum absolute atomic E-state index is 0.156. The van der Waals surface area contributed by atoms with E-state index in [0.717, 1.165) is 13.1 Å². The Labute approximate surface area is 117 Å². The summed E-state index contributed by atoms with van der Waals surface area (Å²) in [6.45, 7) is 15.3. The van der Waals surface area contributed by atoms with Crippen molar-refractivity contribution in [3.8, 4) is 0 Å². The zero-order valence-corrected chi connectivity index (χ0v) is 13.2. The lowest BCUT2D eigenvalue weighted by atomic mass is 9.75. The third-order valence-electron chi connectivity index (χ3n) is 4.12. The molecular weight excluding hydrogens is 232 g/mol.